The zero-order valence-electron chi connectivity index (χ0n) is 12.0. The third kappa shape index (κ3) is 2.89. The fourth-order valence-electron chi connectivity index (χ4n) is 2.81. The van der Waals surface area contributed by atoms with Gasteiger partial charge in [-0.05, 0) is 31.4 Å². The van der Waals surface area contributed by atoms with E-state index in [4.69, 9.17) is 5.73 Å². The van der Waals surface area contributed by atoms with Crippen molar-refractivity contribution in [2.45, 2.75) is 31.7 Å². The molecule has 0 saturated carbocycles. The number of aryl methyl sites for hydroxylation is 1. The number of fused-ring (bicyclic) bond motifs is 1. The summed E-state index contributed by atoms with van der Waals surface area (Å²) in [5, 5.41) is 7.38. The number of anilines is 1. The summed E-state index contributed by atoms with van der Waals surface area (Å²) in [6, 6.07) is 3.60. The molecule has 1 aliphatic rings. The molecule has 2 aromatic heterocycles. The molecule has 0 radical (unpaired) electrons. The molecule has 0 bridgehead atoms. The van der Waals surface area contributed by atoms with Crippen molar-refractivity contribution in [3.8, 4) is 0 Å². The fourth-order valence-corrected chi connectivity index (χ4v) is 2.81. The van der Waals surface area contributed by atoms with Gasteiger partial charge in [0.2, 0.25) is 5.91 Å². The standard InChI is InChI=1S/C15H19N5O/c1-20-14-4-2-3-13(12(14)9-18-20)19-15(21)7-11-6-5-10(16)8-17-11/h5-6,8-9,13H,2-4,7,16H2,1H3,(H,19,21). The average Bonchev–Trinajstić information content (AvgIpc) is 2.84. The van der Waals surface area contributed by atoms with Gasteiger partial charge in [0.15, 0.2) is 0 Å². The highest BCUT2D eigenvalue weighted by molar-refractivity contribution is 5.78. The second-order valence-electron chi connectivity index (χ2n) is 5.44. The van der Waals surface area contributed by atoms with E-state index in [1.165, 1.54) is 5.69 Å². The van der Waals surface area contributed by atoms with E-state index in [1.54, 1.807) is 18.3 Å². The van der Waals surface area contributed by atoms with Crippen LogP contribution in [0, 0.1) is 0 Å². The Morgan fingerprint density at radius 3 is 3.10 bits per heavy atom. The van der Waals surface area contributed by atoms with Gasteiger partial charge in [0.1, 0.15) is 0 Å². The molecule has 3 rings (SSSR count). The van der Waals surface area contributed by atoms with E-state index in [2.05, 4.69) is 15.4 Å². The monoisotopic (exact) mass is 285 g/mol. The summed E-state index contributed by atoms with van der Waals surface area (Å²) in [7, 11) is 1.95. The zero-order valence-corrected chi connectivity index (χ0v) is 12.0. The van der Waals surface area contributed by atoms with Crippen LogP contribution in [0.5, 0.6) is 0 Å². The van der Waals surface area contributed by atoms with Crippen LogP contribution in [0.3, 0.4) is 0 Å². The normalized spacial score (nSPS) is 17.3. The van der Waals surface area contributed by atoms with Crippen molar-refractivity contribution in [3.63, 3.8) is 0 Å². The predicted molar refractivity (Wildman–Crippen MR) is 79.4 cm³/mol. The number of rotatable bonds is 3. The minimum absolute atomic E-state index is 0.0195. The molecule has 110 valence electrons. The molecule has 0 fully saturated rings. The Bertz CT molecular complexity index is 647. The third-order valence-electron chi connectivity index (χ3n) is 3.90. The molecule has 2 aromatic rings. The molecule has 0 saturated heterocycles. The van der Waals surface area contributed by atoms with Crippen LogP contribution in [0.15, 0.2) is 24.5 Å². The first kappa shape index (κ1) is 13.6. The van der Waals surface area contributed by atoms with Crippen molar-refractivity contribution >= 4 is 11.6 Å². The summed E-state index contributed by atoms with van der Waals surface area (Å²) < 4.78 is 1.90. The molecule has 1 unspecified atom stereocenters. The van der Waals surface area contributed by atoms with Gasteiger partial charge in [-0.15, -0.1) is 0 Å². The smallest absolute Gasteiger partial charge is 0.226 e. The lowest BCUT2D eigenvalue weighted by Crippen LogP contribution is -2.32. The number of aromatic nitrogens is 3. The number of hydrogen-bond donors (Lipinski definition) is 2. The second kappa shape index (κ2) is 5.55. The highest BCUT2D eigenvalue weighted by atomic mass is 16.1. The molecule has 0 spiro atoms. The summed E-state index contributed by atoms with van der Waals surface area (Å²) in [6.07, 6.45) is 6.75. The van der Waals surface area contributed by atoms with Crippen LogP contribution in [0.4, 0.5) is 5.69 Å². The van der Waals surface area contributed by atoms with E-state index in [-0.39, 0.29) is 18.4 Å². The average molecular weight is 285 g/mol. The molecule has 6 heteroatoms. The molecule has 1 amide bonds. The molecule has 1 aliphatic carbocycles. The van der Waals surface area contributed by atoms with Gasteiger partial charge in [-0.3, -0.25) is 14.5 Å². The number of nitrogens with two attached hydrogens (primary N) is 1. The number of hydrogen-bond acceptors (Lipinski definition) is 4. The lowest BCUT2D eigenvalue weighted by molar-refractivity contribution is -0.121. The summed E-state index contributed by atoms with van der Waals surface area (Å²) >= 11 is 0. The molecule has 0 aromatic carbocycles. The van der Waals surface area contributed by atoms with Gasteiger partial charge in [0.25, 0.3) is 0 Å². The quantitative estimate of drug-likeness (QED) is 0.885. The first-order chi connectivity index (χ1) is 10.1. The van der Waals surface area contributed by atoms with E-state index in [9.17, 15) is 4.79 Å². The summed E-state index contributed by atoms with van der Waals surface area (Å²) in [5.41, 5.74) is 9.28. The van der Waals surface area contributed by atoms with Crippen LogP contribution in [0.1, 0.15) is 35.8 Å². The SMILES string of the molecule is Cn1ncc2c1CCCC2NC(=O)Cc1ccc(N)cn1. The van der Waals surface area contributed by atoms with Crippen LogP contribution in [0.2, 0.25) is 0 Å². The molecule has 3 N–H and O–H groups in total. The van der Waals surface area contributed by atoms with E-state index in [0.717, 1.165) is 30.5 Å². The highest BCUT2D eigenvalue weighted by Gasteiger charge is 2.24. The van der Waals surface area contributed by atoms with Gasteiger partial charge in [-0.25, -0.2) is 0 Å². The van der Waals surface area contributed by atoms with Gasteiger partial charge in [0, 0.05) is 24.0 Å². The maximum atomic E-state index is 12.2. The van der Waals surface area contributed by atoms with Crippen LogP contribution in [-0.2, 0) is 24.7 Å². The van der Waals surface area contributed by atoms with Crippen molar-refractivity contribution in [2.75, 3.05) is 5.73 Å². The van der Waals surface area contributed by atoms with Crippen LogP contribution < -0.4 is 11.1 Å². The number of nitrogens with one attached hydrogen (secondary N) is 1. The number of carbonyl (C=O) groups is 1. The van der Waals surface area contributed by atoms with Crippen LogP contribution >= 0.6 is 0 Å². The van der Waals surface area contributed by atoms with Crippen molar-refractivity contribution in [3.05, 3.63) is 41.5 Å². The number of nitrogens with zero attached hydrogens (tertiary/aromatic N) is 3. The van der Waals surface area contributed by atoms with Crippen LogP contribution in [-0.4, -0.2) is 20.7 Å². The molecule has 6 nitrogen and oxygen atoms in total. The Hall–Kier alpha value is -2.37. The summed E-state index contributed by atoms with van der Waals surface area (Å²) in [6.45, 7) is 0. The van der Waals surface area contributed by atoms with Gasteiger partial charge < -0.3 is 11.1 Å². The maximum Gasteiger partial charge on any atom is 0.226 e. The zero-order chi connectivity index (χ0) is 14.8. The van der Waals surface area contributed by atoms with Gasteiger partial charge in [-0.2, -0.15) is 5.10 Å². The Morgan fingerprint density at radius 2 is 2.33 bits per heavy atom. The van der Waals surface area contributed by atoms with E-state index in [0.29, 0.717) is 5.69 Å². The molecular weight excluding hydrogens is 266 g/mol. The Morgan fingerprint density at radius 1 is 1.48 bits per heavy atom. The van der Waals surface area contributed by atoms with Crippen molar-refractivity contribution < 1.29 is 4.79 Å². The number of amides is 1. The lowest BCUT2D eigenvalue weighted by atomic mass is 9.93. The van der Waals surface area contributed by atoms with E-state index in [1.807, 2.05) is 17.9 Å². The van der Waals surface area contributed by atoms with E-state index >= 15 is 0 Å². The van der Waals surface area contributed by atoms with Gasteiger partial charge in [0.05, 0.1) is 30.5 Å². The maximum absolute atomic E-state index is 12.2. The highest BCUT2D eigenvalue weighted by Crippen LogP contribution is 2.29. The minimum Gasteiger partial charge on any atom is -0.397 e. The number of nitrogen functional groups attached to an aromatic ring is 1. The molecular formula is C15H19N5O. The van der Waals surface area contributed by atoms with Crippen molar-refractivity contribution in [1.29, 1.82) is 0 Å². The number of carbonyl (C=O) groups excluding carboxylic acids is 1. The first-order valence-corrected chi connectivity index (χ1v) is 7.14. The third-order valence-corrected chi connectivity index (χ3v) is 3.90. The fraction of sp³-hybridized carbons (Fsp3) is 0.400. The molecule has 21 heavy (non-hydrogen) atoms. The first-order valence-electron chi connectivity index (χ1n) is 7.14. The molecule has 2 heterocycles. The lowest BCUT2D eigenvalue weighted by Gasteiger charge is -2.23. The minimum atomic E-state index is -0.0195. The largest absolute Gasteiger partial charge is 0.397 e. The summed E-state index contributed by atoms with van der Waals surface area (Å²) in [5.74, 6) is -0.0195. The second-order valence-corrected chi connectivity index (χ2v) is 5.44. The van der Waals surface area contributed by atoms with E-state index < -0.39 is 0 Å². The Balaban J connectivity index is 1.67. The van der Waals surface area contributed by atoms with Crippen molar-refractivity contribution in [1.82, 2.24) is 20.1 Å². The molecule has 1 atom stereocenters. The predicted octanol–water partition coefficient (Wildman–Crippen LogP) is 1.13. The Labute approximate surface area is 123 Å². The van der Waals surface area contributed by atoms with Crippen LogP contribution in [0.25, 0.3) is 0 Å². The van der Waals surface area contributed by atoms with Gasteiger partial charge >= 0.3 is 0 Å². The van der Waals surface area contributed by atoms with Crippen molar-refractivity contribution in [2.24, 2.45) is 7.05 Å². The van der Waals surface area contributed by atoms with Gasteiger partial charge in [-0.1, -0.05) is 0 Å². The topological polar surface area (TPSA) is 85.8 Å². The number of pyridine rings is 1. The Kier molecular flexibility index (Phi) is 3.60. The molecule has 0 aliphatic heterocycles. The summed E-state index contributed by atoms with van der Waals surface area (Å²) in [4.78, 5) is 16.3.